The maximum atomic E-state index is 12.4. The second kappa shape index (κ2) is 5.46. The van der Waals surface area contributed by atoms with E-state index < -0.39 is 4.92 Å². The molecule has 1 aliphatic heterocycles. The third-order valence-electron chi connectivity index (χ3n) is 3.34. The van der Waals surface area contributed by atoms with Crippen molar-refractivity contribution in [2.24, 2.45) is 0 Å². The van der Waals surface area contributed by atoms with Crippen LogP contribution in [0.3, 0.4) is 0 Å². The number of ether oxygens (including phenoxy) is 1. The number of rotatable bonds is 2. The minimum atomic E-state index is -0.566. The van der Waals surface area contributed by atoms with Gasteiger partial charge in [0.25, 0.3) is 11.6 Å². The van der Waals surface area contributed by atoms with E-state index in [0.717, 1.165) is 0 Å². The maximum absolute atomic E-state index is 12.4. The zero-order chi connectivity index (χ0) is 14.9. The molecule has 7 heteroatoms. The number of hydrogen-bond donors (Lipinski definition) is 1. The molecule has 1 aliphatic rings. The van der Waals surface area contributed by atoms with Gasteiger partial charge >= 0.3 is 0 Å². The van der Waals surface area contributed by atoms with Gasteiger partial charge in [0.1, 0.15) is 5.69 Å². The number of nitrogens with two attached hydrogens (primary N) is 1. The molecule has 2 rings (SSSR count). The molecule has 7 nitrogen and oxygen atoms in total. The van der Waals surface area contributed by atoms with E-state index in [1.807, 2.05) is 13.8 Å². The van der Waals surface area contributed by atoms with Gasteiger partial charge in [0.15, 0.2) is 0 Å². The lowest BCUT2D eigenvalue weighted by molar-refractivity contribution is -0.383. The van der Waals surface area contributed by atoms with Crippen molar-refractivity contribution in [1.29, 1.82) is 0 Å². The molecule has 0 spiro atoms. The Morgan fingerprint density at radius 2 is 2.20 bits per heavy atom. The van der Waals surface area contributed by atoms with Crippen LogP contribution in [-0.2, 0) is 4.74 Å². The van der Waals surface area contributed by atoms with E-state index in [2.05, 4.69) is 0 Å². The Labute approximate surface area is 116 Å². The minimum Gasteiger partial charge on any atom is -0.393 e. The average molecular weight is 279 g/mol. The van der Waals surface area contributed by atoms with E-state index in [1.165, 1.54) is 18.2 Å². The van der Waals surface area contributed by atoms with Crippen molar-refractivity contribution in [2.45, 2.75) is 26.0 Å². The molecule has 1 aromatic carbocycles. The van der Waals surface area contributed by atoms with Crippen LogP contribution in [0.2, 0.25) is 0 Å². The standard InChI is InChI=1S/C13H17N3O4/c1-8-7-20-9(2)6-15(8)13(17)10-3-4-12(16(18)19)11(14)5-10/h3-5,8-9H,6-7,14H2,1-2H3. The van der Waals surface area contributed by atoms with Gasteiger partial charge in [-0.1, -0.05) is 0 Å². The molecule has 20 heavy (non-hydrogen) atoms. The SMILES string of the molecule is CC1CN(C(=O)c2ccc([N+](=O)[O-])c(N)c2)C(C)CO1. The number of nitro benzene ring substituents is 1. The Hall–Kier alpha value is -2.15. The lowest BCUT2D eigenvalue weighted by atomic mass is 10.1. The lowest BCUT2D eigenvalue weighted by Gasteiger charge is -2.36. The van der Waals surface area contributed by atoms with Gasteiger partial charge in [0, 0.05) is 18.2 Å². The first-order chi connectivity index (χ1) is 9.40. The van der Waals surface area contributed by atoms with Crippen molar-refractivity contribution in [3.63, 3.8) is 0 Å². The Bertz CT molecular complexity index is 546. The van der Waals surface area contributed by atoms with E-state index in [0.29, 0.717) is 18.7 Å². The highest BCUT2D eigenvalue weighted by molar-refractivity contribution is 5.96. The Balaban J connectivity index is 2.24. The van der Waals surface area contributed by atoms with Crippen LogP contribution in [-0.4, -0.2) is 41.0 Å². The molecular weight excluding hydrogens is 262 g/mol. The molecule has 1 saturated heterocycles. The molecule has 1 fully saturated rings. The predicted molar refractivity (Wildman–Crippen MR) is 73.4 cm³/mol. The monoisotopic (exact) mass is 279 g/mol. The fourth-order valence-electron chi connectivity index (χ4n) is 2.21. The summed E-state index contributed by atoms with van der Waals surface area (Å²) in [5.41, 5.74) is 5.78. The molecule has 0 saturated carbocycles. The topological polar surface area (TPSA) is 98.7 Å². The van der Waals surface area contributed by atoms with Crippen molar-refractivity contribution in [1.82, 2.24) is 4.90 Å². The average Bonchev–Trinajstić information content (AvgIpc) is 2.40. The number of benzene rings is 1. The molecule has 1 aromatic rings. The van der Waals surface area contributed by atoms with Crippen LogP contribution in [0.15, 0.2) is 18.2 Å². The van der Waals surface area contributed by atoms with Crippen molar-refractivity contribution < 1.29 is 14.5 Å². The lowest BCUT2D eigenvalue weighted by Crippen LogP contribution is -2.50. The first kappa shape index (κ1) is 14.3. The zero-order valence-corrected chi connectivity index (χ0v) is 11.4. The van der Waals surface area contributed by atoms with Gasteiger partial charge in [-0.25, -0.2) is 0 Å². The van der Waals surface area contributed by atoms with Crippen LogP contribution < -0.4 is 5.73 Å². The number of nitro groups is 1. The van der Waals surface area contributed by atoms with Crippen molar-refractivity contribution in [3.8, 4) is 0 Å². The van der Waals surface area contributed by atoms with Crippen LogP contribution in [0.4, 0.5) is 11.4 Å². The van der Waals surface area contributed by atoms with E-state index in [4.69, 9.17) is 10.5 Å². The normalized spacial score (nSPS) is 22.6. The summed E-state index contributed by atoms with van der Waals surface area (Å²) in [7, 11) is 0. The Morgan fingerprint density at radius 1 is 1.50 bits per heavy atom. The summed E-state index contributed by atoms with van der Waals surface area (Å²) >= 11 is 0. The largest absolute Gasteiger partial charge is 0.393 e. The van der Waals surface area contributed by atoms with Crippen LogP contribution in [0.5, 0.6) is 0 Å². The second-order valence-corrected chi connectivity index (χ2v) is 4.98. The van der Waals surface area contributed by atoms with Gasteiger partial charge in [-0.15, -0.1) is 0 Å². The Morgan fingerprint density at radius 3 is 2.80 bits per heavy atom. The van der Waals surface area contributed by atoms with Crippen molar-refractivity contribution in [3.05, 3.63) is 33.9 Å². The number of amides is 1. The molecule has 1 heterocycles. The second-order valence-electron chi connectivity index (χ2n) is 4.98. The molecule has 2 unspecified atom stereocenters. The molecular formula is C13H17N3O4. The summed E-state index contributed by atoms with van der Waals surface area (Å²) in [6.45, 7) is 4.78. The number of carbonyl (C=O) groups excluding carboxylic acids is 1. The van der Waals surface area contributed by atoms with E-state index in [1.54, 1.807) is 4.90 Å². The number of nitrogens with zero attached hydrogens (tertiary/aromatic N) is 2. The number of nitrogen functional groups attached to an aromatic ring is 1. The third-order valence-corrected chi connectivity index (χ3v) is 3.34. The molecule has 0 radical (unpaired) electrons. The molecule has 0 aromatic heterocycles. The van der Waals surface area contributed by atoms with Crippen LogP contribution in [0.25, 0.3) is 0 Å². The Kier molecular flexibility index (Phi) is 3.89. The first-order valence-corrected chi connectivity index (χ1v) is 6.36. The number of carbonyl (C=O) groups is 1. The summed E-state index contributed by atoms with van der Waals surface area (Å²) in [6.07, 6.45) is -0.0226. The van der Waals surface area contributed by atoms with Crippen LogP contribution in [0, 0.1) is 10.1 Å². The summed E-state index contributed by atoms with van der Waals surface area (Å²) < 4.78 is 5.47. The van der Waals surface area contributed by atoms with Gasteiger partial charge in [-0.3, -0.25) is 14.9 Å². The first-order valence-electron chi connectivity index (χ1n) is 6.36. The molecule has 0 bridgehead atoms. The molecule has 1 amide bonds. The highest BCUT2D eigenvalue weighted by Crippen LogP contribution is 2.24. The molecule has 2 N–H and O–H groups in total. The van der Waals surface area contributed by atoms with Crippen LogP contribution in [0.1, 0.15) is 24.2 Å². The van der Waals surface area contributed by atoms with Gasteiger partial charge < -0.3 is 15.4 Å². The number of hydrogen-bond acceptors (Lipinski definition) is 5. The maximum Gasteiger partial charge on any atom is 0.292 e. The van der Waals surface area contributed by atoms with Gasteiger partial charge in [0.05, 0.1) is 23.7 Å². The van der Waals surface area contributed by atoms with Gasteiger partial charge in [-0.05, 0) is 26.0 Å². The fourth-order valence-corrected chi connectivity index (χ4v) is 2.21. The van der Waals surface area contributed by atoms with E-state index in [9.17, 15) is 14.9 Å². The summed E-state index contributed by atoms with van der Waals surface area (Å²) in [6, 6.07) is 4.02. The van der Waals surface area contributed by atoms with Gasteiger partial charge in [-0.2, -0.15) is 0 Å². The number of anilines is 1. The van der Waals surface area contributed by atoms with Gasteiger partial charge in [0.2, 0.25) is 0 Å². The molecule has 108 valence electrons. The molecule has 2 atom stereocenters. The summed E-state index contributed by atoms with van der Waals surface area (Å²) in [5, 5.41) is 10.7. The summed E-state index contributed by atoms with van der Waals surface area (Å²) in [4.78, 5) is 24.3. The van der Waals surface area contributed by atoms with Crippen molar-refractivity contribution >= 4 is 17.3 Å². The summed E-state index contributed by atoms with van der Waals surface area (Å²) in [5.74, 6) is -0.186. The van der Waals surface area contributed by atoms with Crippen molar-refractivity contribution in [2.75, 3.05) is 18.9 Å². The minimum absolute atomic E-state index is 0.00480. The third kappa shape index (κ3) is 2.72. The zero-order valence-electron chi connectivity index (χ0n) is 11.4. The highest BCUT2D eigenvalue weighted by Gasteiger charge is 2.28. The molecule has 0 aliphatic carbocycles. The van der Waals surface area contributed by atoms with E-state index in [-0.39, 0.29) is 29.4 Å². The quantitative estimate of drug-likeness (QED) is 0.501. The van der Waals surface area contributed by atoms with Crippen LogP contribution >= 0.6 is 0 Å². The highest BCUT2D eigenvalue weighted by atomic mass is 16.6. The smallest absolute Gasteiger partial charge is 0.292 e. The number of morpholine rings is 1. The fraction of sp³-hybridized carbons (Fsp3) is 0.462. The predicted octanol–water partition coefficient (Wildman–Crippen LogP) is 1.43. The van der Waals surface area contributed by atoms with E-state index >= 15 is 0 Å².